The van der Waals surface area contributed by atoms with Crippen LogP contribution in [0.2, 0.25) is 5.02 Å². The summed E-state index contributed by atoms with van der Waals surface area (Å²) in [5.74, 6) is -0.0460. The van der Waals surface area contributed by atoms with Gasteiger partial charge in [0, 0.05) is 10.6 Å². The molecule has 0 saturated carbocycles. The van der Waals surface area contributed by atoms with Crippen LogP contribution in [0.5, 0.6) is 0 Å². The third kappa shape index (κ3) is 4.13. The molecule has 0 aromatic heterocycles. The fourth-order valence-electron chi connectivity index (χ4n) is 3.98. The molecule has 1 amide bonds. The summed E-state index contributed by atoms with van der Waals surface area (Å²) in [4.78, 5) is 16.9. The molecule has 1 aliphatic carbocycles. The number of carbonyl (C=O) groups is 1. The van der Waals surface area contributed by atoms with Crippen LogP contribution in [-0.2, 0) is 21.2 Å². The van der Waals surface area contributed by atoms with E-state index < -0.39 is 10.0 Å². The molecule has 0 saturated heterocycles. The predicted octanol–water partition coefficient (Wildman–Crippen LogP) is 3.60. The zero-order valence-corrected chi connectivity index (χ0v) is 18.1. The molecule has 1 atom stereocenters. The van der Waals surface area contributed by atoms with E-state index in [1.165, 1.54) is 5.56 Å². The monoisotopic (exact) mass is 443 g/mol. The van der Waals surface area contributed by atoms with Gasteiger partial charge in [0.25, 0.3) is 10.0 Å². The number of rotatable bonds is 4. The fraction of sp³-hybridized carbons (Fsp3) is 0.273. The van der Waals surface area contributed by atoms with Crippen LogP contribution in [0, 0.1) is 0 Å². The van der Waals surface area contributed by atoms with Gasteiger partial charge in [0.2, 0.25) is 5.91 Å². The lowest BCUT2D eigenvalue weighted by molar-refractivity contribution is -0.120. The van der Waals surface area contributed by atoms with Crippen LogP contribution in [0.1, 0.15) is 42.5 Å². The van der Waals surface area contributed by atoms with E-state index in [1.807, 2.05) is 18.2 Å². The summed E-state index contributed by atoms with van der Waals surface area (Å²) in [5, 5.41) is 3.55. The Morgan fingerprint density at radius 2 is 1.93 bits per heavy atom. The van der Waals surface area contributed by atoms with Crippen LogP contribution >= 0.6 is 11.6 Å². The number of amidine groups is 1. The molecule has 2 aliphatic rings. The van der Waals surface area contributed by atoms with Crippen molar-refractivity contribution >= 4 is 38.3 Å². The van der Waals surface area contributed by atoms with Crippen LogP contribution in [0.15, 0.2) is 59.1 Å². The minimum atomic E-state index is -3.74. The summed E-state index contributed by atoms with van der Waals surface area (Å²) >= 11 is 5.90. The maximum Gasteiger partial charge on any atom is 0.264 e. The van der Waals surface area contributed by atoms with Crippen LogP contribution in [0.4, 0.5) is 0 Å². The third-order valence-corrected chi connectivity index (χ3v) is 7.18. The Hall–Kier alpha value is -2.64. The number of nitrogens with zero attached hydrogens (tertiary/aromatic N) is 1. The van der Waals surface area contributed by atoms with Gasteiger partial charge >= 0.3 is 0 Å². The van der Waals surface area contributed by atoms with Crippen LogP contribution in [0.25, 0.3) is 4.91 Å². The van der Waals surface area contributed by atoms with Crippen molar-refractivity contribution in [1.29, 1.82) is 0 Å². The quantitative estimate of drug-likeness (QED) is 0.756. The van der Waals surface area contributed by atoms with Crippen molar-refractivity contribution in [2.75, 3.05) is 6.54 Å². The number of aliphatic imine (C=N–C) groups is 1. The number of amides is 1. The van der Waals surface area contributed by atoms with Gasteiger partial charge in [-0.05, 0) is 55.0 Å². The number of nitrogens with one attached hydrogen (secondary N) is 2. The van der Waals surface area contributed by atoms with Gasteiger partial charge in [0.15, 0.2) is 0 Å². The highest BCUT2D eigenvalue weighted by Crippen LogP contribution is 2.31. The topological polar surface area (TPSA) is 87.6 Å². The molecule has 0 unspecified atom stereocenters. The molecule has 0 spiro atoms. The van der Waals surface area contributed by atoms with Crippen LogP contribution in [0.3, 0.4) is 0 Å². The van der Waals surface area contributed by atoms with Gasteiger partial charge in [-0.25, -0.2) is 8.42 Å². The second-order valence-corrected chi connectivity index (χ2v) is 9.50. The Bertz CT molecular complexity index is 1150. The smallest absolute Gasteiger partial charge is 0.264 e. The lowest BCUT2D eigenvalue weighted by Crippen LogP contribution is -2.33. The SMILES string of the molecule is CC1=C(c2ccc(Cl)cc2)S(=O)(=O)NC1=NCC(=O)N[C@H]1CCCc2ccccc21. The van der Waals surface area contributed by atoms with Gasteiger partial charge in [0.05, 0.1) is 6.04 Å². The van der Waals surface area contributed by atoms with Crippen molar-refractivity contribution in [3.63, 3.8) is 0 Å². The maximum atomic E-state index is 12.6. The zero-order valence-electron chi connectivity index (χ0n) is 16.5. The zero-order chi connectivity index (χ0) is 21.3. The molecular weight excluding hydrogens is 422 g/mol. The second-order valence-electron chi connectivity index (χ2n) is 7.44. The van der Waals surface area contributed by atoms with Crippen molar-refractivity contribution in [2.45, 2.75) is 32.2 Å². The Labute approximate surface area is 181 Å². The van der Waals surface area contributed by atoms with E-state index in [0.29, 0.717) is 16.2 Å². The molecule has 0 radical (unpaired) electrons. The number of halogens is 1. The first-order valence-electron chi connectivity index (χ1n) is 9.77. The van der Waals surface area contributed by atoms with Gasteiger partial charge in [-0.1, -0.05) is 48.0 Å². The number of fused-ring (bicyclic) bond motifs is 1. The maximum absolute atomic E-state index is 12.6. The number of aryl methyl sites for hydroxylation is 1. The van der Waals surface area contributed by atoms with Gasteiger partial charge in [0.1, 0.15) is 17.3 Å². The summed E-state index contributed by atoms with van der Waals surface area (Å²) in [6.07, 6.45) is 2.91. The Morgan fingerprint density at radius 3 is 2.70 bits per heavy atom. The van der Waals surface area contributed by atoms with Gasteiger partial charge in [-0.3, -0.25) is 14.5 Å². The highest BCUT2D eigenvalue weighted by molar-refractivity contribution is 8.00. The molecule has 156 valence electrons. The van der Waals surface area contributed by atoms with Crippen molar-refractivity contribution in [2.24, 2.45) is 4.99 Å². The standard InChI is InChI=1S/C22H22ClN3O3S/c1-14-21(16-9-11-17(23)12-10-16)30(28,29)26-22(14)24-13-20(27)25-19-8-4-6-15-5-2-3-7-18(15)19/h2-3,5,7,9-12,19H,4,6,8,13H2,1H3,(H,24,26)(H,25,27)/t19-/m0/s1. The molecule has 2 aromatic carbocycles. The molecule has 8 heteroatoms. The molecule has 1 heterocycles. The molecule has 2 aromatic rings. The van der Waals surface area contributed by atoms with E-state index >= 15 is 0 Å². The number of hydrogen-bond acceptors (Lipinski definition) is 4. The van der Waals surface area contributed by atoms with E-state index in [1.54, 1.807) is 31.2 Å². The second kappa shape index (κ2) is 8.24. The molecule has 30 heavy (non-hydrogen) atoms. The molecule has 0 bridgehead atoms. The van der Waals surface area contributed by atoms with Crippen molar-refractivity contribution in [3.8, 4) is 0 Å². The lowest BCUT2D eigenvalue weighted by Gasteiger charge is -2.26. The lowest BCUT2D eigenvalue weighted by atomic mass is 9.88. The highest BCUT2D eigenvalue weighted by atomic mass is 35.5. The average molecular weight is 444 g/mol. The van der Waals surface area contributed by atoms with E-state index in [9.17, 15) is 13.2 Å². The summed E-state index contributed by atoms with van der Waals surface area (Å²) in [5.41, 5.74) is 3.41. The van der Waals surface area contributed by atoms with Gasteiger partial charge in [-0.2, -0.15) is 0 Å². The number of benzene rings is 2. The van der Waals surface area contributed by atoms with Crippen LogP contribution in [-0.4, -0.2) is 26.7 Å². The summed E-state index contributed by atoms with van der Waals surface area (Å²) in [6, 6.07) is 14.7. The van der Waals surface area contributed by atoms with Gasteiger partial charge in [-0.15, -0.1) is 0 Å². The van der Waals surface area contributed by atoms with E-state index in [4.69, 9.17) is 11.6 Å². The number of carbonyl (C=O) groups excluding carboxylic acids is 1. The third-order valence-electron chi connectivity index (χ3n) is 5.39. The molecule has 6 nitrogen and oxygen atoms in total. The number of sulfonamides is 1. The Kier molecular flexibility index (Phi) is 5.66. The minimum absolute atomic E-state index is 0.0378. The highest BCUT2D eigenvalue weighted by Gasteiger charge is 2.32. The molecule has 1 aliphatic heterocycles. The Morgan fingerprint density at radius 1 is 1.20 bits per heavy atom. The first-order valence-corrected chi connectivity index (χ1v) is 11.6. The molecule has 0 fully saturated rings. The van der Waals surface area contributed by atoms with Crippen molar-refractivity contribution < 1.29 is 13.2 Å². The van der Waals surface area contributed by atoms with E-state index in [0.717, 1.165) is 24.8 Å². The summed E-state index contributed by atoms with van der Waals surface area (Å²) in [6.45, 7) is 1.53. The predicted molar refractivity (Wildman–Crippen MR) is 119 cm³/mol. The van der Waals surface area contributed by atoms with Crippen molar-refractivity contribution in [1.82, 2.24) is 10.0 Å². The first-order chi connectivity index (χ1) is 14.3. The molecule has 4 rings (SSSR count). The molecule has 2 N–H and O–H groups in total. The van der Waals surface area contributed by atoms with Crippen LogP contribution < -0.4 is 10.0 Å². The average Bonchev–Trinajstić information content (AvgIpc) is 2.96. The van der Waals surface area contributed by atoms with E-state index in [2.05, 4.69) is 21.1 Å². The van der Waals surface area contributed by atoms with Gasteiger partial charge < -0.3 is 5.32 Å². The first kappa shape index (κ1) is 20.6. The van der Waals surface area contributed by atoms with E-state index in [-0.39, 0.29) is 29.2 Å². The summed E-state index contributed by atoms with van der Waals surface area (Å²) in [7, 11) is -3.74. The largest absolute Gasteiger partial charge is 0.348 e. The summed E-state index contributed by atoms with van der Waals surface area (Å²) < 4.78 is 27.6. The Balaban J connectivity index is 1.50. The number of hydrogen-bond donors (Lipinski definition) is 2. The fourth-order valence-corrected chi connectivity index (χ4v) is 5.63. The normalized spacial score (nSPS) is 21.3. The molecular formula is C22H22ClN3O3S. The minimum Gasteiger partial charge on any atom is -0.348 e. The van der Waals surface area contributed by atoms with Crippen molar-refractivity contribution in [3.05, 3.63) is 75.8 Å².